The Balaban J connectivity index is 1.74. The van der Waals surface area contributed by atoms with Gasteiger partial charge in [-0.05, 0) is 61.6 Å². The largest absolute Gasteiger partial charge is 0.464 e. The van der Waals surface area contributed by atoms with Crippen molar-refractivity contribution in [1.29, 1.82) is 0 Å². The summed E-state index contributed by atoms with van der Waals surface area (Å²) in [7, 11) is 3.75. The molecule has 4 rings (SSSR count). The van der Waals surface area contributed by atoms with E-state index in [0.717, 1.165) is 39.3 Å². The number of aryl methyl sites for hydroxylation is 4. The Morgan fingerprint density at radius 2 is 1.39 bits per heavy atom. The van der Waals surface area contributed by atoms with E-state index in [0.29, 0.717) is 26.2 Å². The van der Waals surface area contributed by atoms with Gasteiger partial charge in [-0.3, -0.25) is 19.0 Å². The number of aromatic nitrogens is 4. The fourth-order valence-corrected chi connectivity index (χ4v) is 5.48. The standard InChI is InChI=1S/C32H44N6O3/c1-21(2)17-37(18-22(3)4)31(39)29(16-27-13-23(5)33-35(27)7)32(40)38(20-28-14-24(6)34-36(28)8)19-25-9-10-30-26(15-25)11-12-41-30/h9-15,21-22,29H,16-20H2,1-8H3. The normalized spacial score (nSPS) is 12.4. The molecule has 1 atom stereocenters. The van der Waals surface area contributed by atoms with Gasteiger partial charge < -0.3 is 14.2 Å². The molecule has 1 unspecified atom stereocenters. The number of carbonyl (C=O) groups is 2. The van der Waals surface area contributed by atoms with Crippen LogP contribution in [-0.4, -0.2) is 54.3 Å². The molecule has 3 heterocycles. The summed E-state index contributed by atoms with van der Waals surface area (Å²) in [6.07, 6.45) is 1.95. The zero-order valence-corrected chi connectivity index (χ0v) is 25.7. The summed E-state index contributed by atoms with van der Waals surface area (Å²) in [5.74, 6) is -0.648. The summed E-state index contributed by atoms with van der Waals surface area (Å²) < 4.78 is 9.11. The van der Waals surface area contributed by atoms with Crippen LogP contribution in [-0.2, 0) is 43.2 Å². The summed E-state index contributed by atoms with van der Waals surface area (Å²) in [6.45, 7) is 14.2. The molecule has 0 aliphatic rings. The molecule has 0 N–H and O–H groups in total. The number of furan rings is 1. The molecule has 2 amide bonds. The van der Waals surface area contributed by atoms with Crippen LogP contribution in [0.1, 0.15) is 56.0 Å². The Kier molecular flexibility index (Phi) is 9.35. The number of benzene rings is 1. The Labute approximate surface area is 243 Å². The maximum atomic E-state index is 14.6. The lowest BCUT2D eigenvalue weighted by atomic mass is 9.97. The number of amides is 2. The summed E-state index contributed by atoms with van der Waals surface area (Å²) >= 11 is 0. The van der Waals surface area contributed by atoms with Crippen molar-refractivity contribution in [1.82, 2.24) is 29.4 Å². The predicted molar refractivity (Wildman–Crippen MR) is 160 cm³/mol. The highest BCUT2D eigenvalue weighted by atomic mass is 16.3. The highest BCUT2D eigenvalue weighted by Gasteiger charge is 2.36. The molecule has 1 aromatic carbocycles. The van der Waals surface area contributed by atoms with Crippen LogP contribution < -0.4 is 0 Å². The molecule has 220 valence electrons. The molecule has 0 saturated heterocycles. The fraction of sp³-hybridized carbons (Fsp3) is 0.500. The van der Waals surface area contributed by atoms with E-state index in [1.165, 1.54) is 0 Å². The highest BCUT2D eigenvalue weighted by Crippen LogP contribution is 2.23. The van der Waals surface area contributed by atoms with Crippen LogP contribution in [0.15, 0.2) is 47.1 Å². The molecule has 9 heteroatoms. The second kappa shape index (κ2) is 12.7. The first kappa shape index (κ1) is 30.1. The lowest BCUT2D eigenvalue weighted by Crippen LogP contribution is -2.48. The minimum atomic E-state index is -0.880. The van der Waals surface area contributed by atoms with Crippen LogP contribution in [0.2, 0.25) is 0 Å². The van der Waals surface area contributed by atoms with Crippen LogP contribution >= 0.6 is 0 Å². The Morgan fingerprint density at radius 1 is 0.805 bits per heavy atom. The zero-order chi connectivity index (χ0) is 29.8. The van der Waals surface area contributed by atoms with Crippen molar-refractivity contribution in [2.75, 3.05) is 13.1 Å². The van der Waals surface area contributed by atoms with E-state index in [2.05, 4.69) is 37.9 Å². The van der Waals surface area contributed by atoms with Crippen molar-refractivity contribution in [2.45, 2.75) is 61.1 Å². The summed E-state index contributed by atoms with van der Waals surface area (Å²) in [6, 6.07) is 11.8. The van der Waals surface area contributed by atoms with Crippen LogP contribution in [0.3, 0.4) is 0 Å². The Bertz CT molecular complexity index is 1480. The molecule has 4 aromatic rings. The zero-order valence-electron chi connectivity index (χ0n) is 25.7. The SMILES string of the molecule is Cc1cc(CC(C(=O)N(Cc2ccc3occc3c2)Cc2cc(C)nn2C)C(=O)N(CC(C)C)CC(C)C)n(C)n1. The second-order valence-electron chi connectivity index (χ2n) is 12.1. The first-order valence-corrected chi connectivity index (χ1v) is 14.4. The average molecular weight is 561 g/mol. The number of hydrogen-bond acceptors (Lipinski definition) is 5. The average Bonchev–Trinajstić information content (AvgIpc) is 3.57. The van der Waals surface area contributed by atoms with Gasteiger partial charge in [-0.15, -0.1) is 0 Å². The molecule has 0 radical (unpaired) electrons. The number of rotatable bonds is 12. The van der Waals surface area contributed by atoms with Crippen molar-refractivity contribution < 1.29 is 14.0 Å². The van der Waals surface area contributed by atoms with Gasteiger partial charge in [-0.2, -0.15) is 10.2 Å². The third kappa shape index (κ3) is 7.45. The van der Waals surface area contributed by atoms with Crippen LogP contribution in [0.5, 0.6) is 0 Å². The van der Waals surface area contributed by atoms with Gasteiger partial charge in [-0.25, -0.2) is 0 Å². The number of fused-ring (bicyclic) bond motifs is 1. The molecule has 41 heavy (non-hydrogen) atoms. The Morgan fingerprint density at radius 3 is 1.95 bits per heavy atom. The molecule has 3 aromatic heterocycles. The minimum Gasteiger partial charge on any atom is -0.464 e. The van der Waals surface area contributed by atoms with Gasteiger partial charge in [0.15, 0.2) is 0 Å². The van der Waals surface area contributed by atoms with Crippen molar-refractivity contribution in [3.8, 4) is 0 Å². The van der Waals surface area contributed by atoms with E-state index < -0.39 is 5.92 Å². The molecule has 0 spiro atoms. The molecule has 0 saturated carbocycles. The van der Waals surface area contributed by atoms with Gasteiger partial charge >= 0.3 is 0 Å². The van der Waals surface area contributed by atoms with Crippen molar-refractivity contribution in [3.05, 3.63) is 71.0 Å². The van der Waals surface area contributed by atoms with Crippen molar-refractivity contribution in [2.24, 2.45) is 31.8 Å². The first-order valence-electron chi connectivity index (χ1n) is 14.4. The third-order valence-corrected chi connectivity index (χ3v) is 7.24. The van der Waals surface area contributed by atoms with E-state index in [-0.39, 0.29) is 30.1 Å². The van der Waals surface area contributed by atoms with E-state index in [1.54, 1.807) is 20.5 Å². The number of carbonyl (C=O) groups excluding carboxylic acids is 2. The van der Waals surface area contributed by atoms with Crippen molar-refractivity contribution in [3.63, 3.8) is 0 Å². The van der Waals surface area contributed by atoms with Crippen molar-refractivity contribution >= 4 is 22.8 Å². The molecule has 9 nitrogen and oxygen atoms in total. The van der Waals surface area contributed by atoms with Gasteiger partial charge in [0.25, 0.3) is 0 Å². The molecule has 0 bridgehead atoms. The highest BCUT2D eigenvalue weighted by molar-refractivity contribution is 6.00. The molecule has 0 aliphatic heterocycles. The molecule has 0 fully saturated rings. The lowest BCUT2D eigenvalue weighted by molar-refractivity contribution is -0.148. The van der Waals surface area contributed by atoms with E-state index in [9.17, 15) is 9.59 Å². The quantitative estimate of drug-likeness (QED) is 0.226. The minimum absolute atomic E-state index is 0.132. The lowest BCUT2D eigenvalue weighted by Gasteiger charge is -2.33. The summed E-state index contributed by atoms with van der Waals surface area (Å²) in [4.78, 5) is 32.6. The number of hydrogen-bond donors (Lipinski definition) is 0. The van der Waals surface area contributed by atoms with Gasteiger partial charge in [0.05, 0.1) is 29.9 Å². The van der Waals surface area contributed by atoms with Gasteiger partial charge in [0.1, 0.15) is 11.5 Å². The van der Waals surface area contributed by atoms with Crippen LogP contribution in [0.4, 0.5) is 0 Å². The van der Waals surface area contributed by atoms with Crippen LogP contribution in [0.25, 0.3) is 11.0 Å². The predicted octanol–water partition coefficient (Wildman–Crippen LogP) is 5.04. The van der Waals surface area contributed by atoms with E-state index in [1.807, 2.05) is 69.2 Å². The molecule has 0 aliphatic carbocycles. The van der Waals surface area contributed by atoms with Gasteiger partial charge in [0.2, 0.25) is 11.8 Å². The smallest absolute Gasteiger partial charge is 0.236 e. The maximum Gasteiger partial charge on any atom is 0.236 e. The monoisotopic (exact) mass is 560 g/mol. The first-order chi connectivity index (χ1) is 19.4. The summed E-state index contributed by atoms with van der Waals surface area (Å²) in [5.41, 5.74) is 5.27. The number of nitrogens with zero attached hydrogens (tertiary/aromatic N) is 6. The maximum absolute atomic E-state index is 14.6. The van der Waals surface area contributed by atoms with E-state index in [4.69, 9.17) is 4.42 Å². The van der Waals surface area contributed by atoms with Gasteiger partial charge in [0, 0.05) is 51.2 Å². The van der Waals surface area contributed by atoms with Gasteiger partial charge in [-0.1, -0.05) is 33.8 Å². The third-order valence-electron chi connectivity index (χ3n) is 7.24. The Hall–Kier alpha value is -3.88. The van der Waals surface area contributed by atoms with E-state index >= 15 is 0 Å². The fourth-order valence-electron chi connectivity index (χ4n) is 5.48. The second-order valence-corrected chi connectivity index (χ2v) is 12.1. The van der Waals surface area contributed by atoms with Crippen LogP contribution in [0, 0.1) is 31.6 Å². The summed E-state index contributed by atoms with van der Waals surface area (Å²) in [5, 5.41) is 9.97. The molecular weight excluding hydrogens is 516 g/mol. The topological polar surface area (TPSA) is 89.4 Å². The molecular formula is C32H44N6O3.